The Morgan fingerprint density at radius 1 is 1.06 bits per heavy atom. The molecule has 3 aromatic rings. The van der Waals surface area contributed by atoms with Crippen molar-refractivity contribution in [2.75, 3.05) is 25.2 Å². The van der Waals surface area contributed by atoms with Gasteiger partial charge in [0.2, 0.25) is 11.9 Å². The Hall–Kier alpha value is -3.35. The Morgan fingerprint density at radius 2 is 1.81 bits per heavy atom. The van der Waals surface area contributed by atoms with Gasteiger partial charge in [-0.15, -0.1) is 0 Å². The van der Waals surface area contributed by atoms with E-state index < -0.39 is 17.9 Å². The van der Waals surface area contributed by atoms with Crippen molar-refractivity contribution >= 4 is 28.9 Å². The fraction of sp³-hybridized carbons (Fsp3) is 0.400. The van der Waals surface area contributed by atoms with E-state index in [1.54, 1.807) is 18.9 Å². The largest absolute Gasteiger partial charge is 0.497 e. The lowest BCUT2D eigenvalue weighted by Gasteiger charge is -2.38. The molecule has 0 fully saturated rings. The molecule has 32 heavy (non-hydrogen) atoms. The standard InChI is InChI=1S/C25H29N3O4/c1-4-6-9-16-27-23(29)21(24(30)32-5-2)22(17-12-14-18(31-3)15-13-17)28-20-11-8-7-10-19(20)26-25(27)28/h7-8,10-15,21-22H,4-6,9,16H2,1-3H3/t21-,22+/m0/s1. The number of nitrogens with zero attached hydrogens (tertiary/aromatic N) is 3. The summed E-state index contributed by atoms with van der Waals surface area (Å²) in [5.74, 6) is -0.477. The molecule has 0 radical (unpaired) electrons. The number of hydrogen-bond acceptors (Lipinski definition) is 5. The first-order valence-corrected chi connectivity index (χ1v) is 11.2. The third-order valence-electron chi connectivity index (χ3n) is 5.93. The van der Waals surface area contributed by atoms with Crippen molar-refractivity contribution in [3.8, 4) is 5.75 Å². The van der Waals surface area contributed by atoms with Gasteiger partial charge in [0.25, 0.3) is 0 Å². The number of rotatable bonds is 8. The average molecular weight is 436 g/mol. The van der Waals surface area contributed by atoms with Crippen LogP contribution in [0, 0.1) is 5.92 Å². The molecule has 1 aromatic heterocycles. The first-order chi connectivity index (χ1) is 15.6. The Balaban J connectivity index is 1.92. The van der Waals surface area contributed by atoms with Crippen LogP contribution in [0.1, 0.15) is 44.7 Å². The highest BCUT2D eigenvalue weighted by molar-refractivity contribution is 6.08. The van der Waals surface area contributed by atoms with Gasteiger partial charge in [-0.2, -0.15) is 0 Å². The predicted octanol–water partition coefficient (Wildman–Crippen LogP) is 4.35. The van der Waals surface area contributed by atoms with Crippen molar-refractivity contribution in [1.82, 2.24) is 9.55 Å². The second-order valence-corrected chi connectivity index (χ2v) is 7.92. The molecule has 0 saturated carbocycles. The lowest BCUT2D eigenvalue weighted by molar-refractivity contribution is -0.153. The second-order valence-electron chi connectivity index (χ2n) is 7.92. The fourth-order valence-electron chi connectivity index (χ4n) is 4.38. The number of unbranched alkanes of at least 4 members (excludes halogenated alkanes) is 2. The van der Waals surface area contributed by atoms with Gasteiger partial charge in [0.05, 0.1) is 30.8 Å². The molecule has 1 aliphatic rings. The molecule has 0 bridgehead atoms. The summed E-state index contributed by atoms with van der Waals surface area (Å²) in [6.07, 6.45) is 2.87. The summed E-state index contributed by atoms with van der Waals surface area (Å²) in [6, 6.07) is 14.7. The van der Waals surface area contributed by atoms with Crippen molar-refractivity contribution in [3.63, 3.8) is 0 Å². The van der Waals surface area contributed by atoms with E-state index in [2.05, 4.69) is 6.92 Å². The lowest BCUT2D eigenvalue weighted by Crippen LogP contribution is -2.50. The molecular weight excluding hydrogens is 406 g/mol. The SMILES string of the molecule is CCCCCN1C(=O)[C@@H](C(=O)OCC)[C@@H](c2ccc(OC)cc2)n2c1nc1ccccc12. The van der Waals surface area contributed by atoms with Crippen LogP contribution in [0.25, 0.3) is 11.0 Å². The van der Waals surface area contributed by atoms with E-state index in [1.807, 2.05) is 53.1 Å². The fourth-order valence-corrected chi connectivity index (χ4v) is 4.38. The number of imidazole rings is 1. The van der Waals surface area contributed by atoms with Gasteiger partial charge in [-0.3, -0.25) is 14.5 Å². The Bertz CT molecular complexity index is 1110. The molecule has 1 amide bonds. The van der Waals surface area contributed by atoms with Gasteiger partial charge >= 0.3 is 5.97 Å². The molecule has 0 N–H and O–H groups in total. The number of esters is 1. The van der Waals surface area contributed by atoms with Crippen LogP contribution in [-0.4, -0.2) is 41.7 Å². The van der Waals surface area contributed by atoms with Crippen LogP contribution in [0.15, 0.2) is 48.5 Å². The molecule has 2 aromatic carbocycles. The monoisotopic (exact) mass is 435 g/mol. The molecular formula is C25H29N3O4. The van der Waals surface area contributed by atoms with E-state index in [0.29, 0.717) is 18.2 Å². The summed E-state index contributed by atoms with van der Waals surface area (Å²) in [7, 11) is 1.61. The zero-order valence-corrected chi connectivity index (χ0v) is 18.8. The van der Waals surface area contributed by atoms with Crippen LogP contribution in [0.5, 0.6) is 5.75 Å². The number of aromatic nitrogens is 2. The number of amides is 1. The summed E-state index contributed by atoms with van der Waals surface area (Å²) in [5.41, 5.74) is 2.50. The van der Waals surface area contributed by atoms with Gasteiger partial charge in [0.15, 0.2) is 5.92 Å². The highest BCUT2D eigenvalue weighted by Crippen LogP contribution is 2.41. The minimum Gasteiger partial charge on any atom is -0.497 e. The maximum Gasteiger partial charge on any atom is 0.321 e. The van der Waals surface area contributed by atoms with Crippen LogP contribution in [0.3, 0.4) is 0 Å². The van der Waals surface area contributed by atoms with E-state index in [0.717, 1.165) is 35.9 Å². The van der Waals surface area contributed by atoms with Gasteiger partial charge in [-0.25, -0.2) is 4.98 Å². The van der Waals surface area contributed by atoms with Crippen molar-refractivity contribution in [2.24, 2.45) is 5.92 Å². The zero-order chi connectivity index (χ0) is 22.7. The molecule has 2 heterocycles. The summed E-state index contributed by atoms with van der Waals surface area (Å²) < 4.78 is 12.7. The van der Waals surface area contributed by atoms with Crippen LogP contribution >= 0.6 is 0 Å². The van der Waals surface area contributed by atoms with E-state index in [4.69, 9.17) is 14.5 Å². The molecule has 0 unspecified atom stereocenters. The first-order valence-electron chi connectivity index (χ1n) is 11.2. The second kappa shape index (κ2) is 9.42. The molecule has 0 saturated heterocycles. The normalized spacial score (nSPS) is 18.0. The van der Waals surface area contributed by atoms with Gasteiger partial charge in [0, 0.05) is 6.54 Å². The molecule has 7 heteroatoms. The van der Waals surface area contributed by atoms with Gasteiger partial charge in [0.1, 0.15) is 5.75 Å². The number of benzene rings is 2. The summed E-state index contributed by atoms with van der Waals surface area (Å²) >= 11 is 0. The van der Waals surface area contributed by atoms with Crippen molar-refractivity contribution < 1.29 is 19.1 Å². The molecule has 0 aliphatic carbocycles. The number of hydrogen-bond donors (Lipinski definition) is 0. The topological polar surface area (TPSA) is 73.7 Å². The smallest absolute Gasteiger partial charge is 0.321 e. The molecule has 168 valence electrons. The summed E-state index contributed by atoms with van der Waals surface area (Å²) in [5, 5.41) is 0. The number of carbonyl (C=O) groups excluding carboxylic acids is 2. The lowest BCUT2D eigenvalue weighted by atomic mass is 9.89. The van der Waals surface area contributed by atoms with Crippen molar-refractivity contribution in [3.05, 3.63) is 54.1 Å². The molecule has 0 spiro atoms. The van der Waals surface area contributed by atoms with Crippen LogP contribution < -0.4 is 9.64 Å². The maximum atomic E-state index is 13.7. The van der Waals surface area contributed by atoms with E-state index in [-0.39, 0.29) is 12.5 Å². The molecule has 2 atom stereocenters. The third kappa shape index (κ3) is 3.83. The minimum absolute atomic E-state index is 0.214. The maximum absolute atomic E-state index is 13.7. The highest BCUT2D eigenvalue weighted by atomic mass is 16.5. The third-order valence-corrected chi connectivity index (χ3v) is 5.93. The number of methoxy groups -OCH3 is 1. The van der Waals surface area contributed by atoms with Crippen LogP contribution in [0.4, 0.5) is 5.95 Å². The summed E-state index contributed by atoms with van der Waals surface area (Å²) in [6.45, 7) is 4.60. The quantitative estimate of drug-likeness (QED) is 0.299. The number of para-hydroxylation sites is 2. The number of fused-ring (bicyclic) bond motifs is 3. The van der Waals surface area contributed by atoms with Gasteiger partial charge in [-0.1, -0.05) is 44.0 Å². The number of anilines is 1. The number of ether oxygens (including phenoxy) is 2. The van der Waals surface area contributed by atoms with Gasteiger partial charge < -0.3 is 14.0 Å². The Labute approximate surface area is 187 Å². The number of carbonyl (C=O) groups is 2. The van der Waals surface area contributed by atoms with E-state index in [9.17, 15) is 9.59 Å². The summed E-state index contributed by atoms with van der Waals surface area (Å²) in [4.78, 5) is 33.3. The molecule has 1 aliphatic heterocycles. The van der Waals surface area contributed by atoms with E-state index >= 15 is 0 Å². The zero-order valence-electron chi connectivity index (χ0n) is 18.8. The Morgan fingerprint density at radius 3 is 2.50 bits per heavy atom. The van der Waals surface area contributed by atoms with Crippen molar-refractivity contribution in [1.29, 1.82) is 0 Å². The molecule has 7 nitrogen and oxygen atoms in total. The van der Waals surface area contributed by atoms with Crippen LogP contribution in [-0.2, 0) is 14.3 Å². The minimum atomic E-state index is -0.991. The predicted molar refractivity (Wildman–Crippen MR) is 123 cm³/mol. The van der Waals surface area contributed by atoms with E-state index in [1.165, 1.54) is 0 Å². The van der Waals surface area contributed by atoms with Crippen LogP contribution in [0.2, 0.25) is 0 Å². The highest BCUT2D eigenvalue weighted by Gasteiger charge is 2.47. The van der Waals surface area contributed by atoms with Gasteiger partial charge in [-0.05, 0) is 43.2 Å². The average Bonchev–Trinajstić information content (AvgIpc) is 3.19. The first kappa shape index (κ1) is 21.9. The molecule has 4 rings (SSSR count). The van der Waals surface area contributed by atoms with Crippen molar-refractivity contribution in [2.45, 2.75) is 39.2 Å². The Kier molecular flexibility index (Phi) is 6.44.